The maximum atomic E-state index is 11.8. The van der Waals surface area contributed by atoms with Gasteiger partial charge in [0.15, 0.2) is 0 Å². The van der Waals surface area contributed by atoms with Crippen molar-refractivity contribution in [2.45, 2.75) is 45.1 Å². The highest BCUT2D eigenvalue weighted by molar-refractivity contribution is 5.89. The standard InChI is InChI=1S/C16H22N2O3/c1-10-8-13(9-10)18-15(21)17-12-6-4-11(5-7-12)16(2,3)14(19)20/h4-7,10,13H,8-9H2,1-3H3,(H,19,20)(H2,17,18,21). The molecule has 0 heterocycles. The van der Waals surface area contributed by atoms with E-state index < -0.39 is 11.4 Å². The van der Waals surface area contributed by atoms with Crippen molar-refractivity contribution in [3.8, 4) is 0 Å². The Morgan fingerprint density at radius 1 is 1.19 bits per heavy atom. The summed E-state index contributed by atoms with van der Waals surface area (Å²) in [6.07, 6.45) is 2.05. The first-order valence-corrected chi connectivity index (χ1v) is 7.20. The van der Waals surface area contributed by atoms with E-state index in [1.54, 1.807) is 38.1 Å². The van der Waals surface area contributed by atoms with E-state index in [9.17, 15) is 14.7 Å². The molecule has 1 aromatic rings. The van der Waals surface area contributed by atoms with E-state index >= 15 is 0 Å². The van der Waals surface area contributed by atoms with E-state index in [4.69, 9.17) is 0 Å². The number of anilines is 1. The minimum absolute atomic E-state index is 0.211. The highest BCUT2D eigenvalue weighted by Crippen LogP contribution is 2.27. The number of carboxylic acid groups (broad SMARTS) is 1. The van der Waals surface area contributed by atoms with Crippen molar-refractivity contribution >= 4 is 17.7 Å². The van der Waals surface area contributed by atoms with Gasteiger partial charge in [0.2, 0.25) is 0 Å². The predicted molar refractivity (Wildman–Crippen MR) is 81.4 cm³/mol. The van der Waals surface area contributed by atoms with Crippen LogP contribution in [0.2, 0.25) is 0 Å². The van der Waals surface area contributed by atoms with Gasteiger partial charge in [-0.05, 0) is 50.3 Å². The first kappa shape index (κ1) is 15.4. The topological polar surface area (TPSA) is 78.4 Å². The molecular formula is C16H22N2O3. The third-order valence-electron chi connectivity index (χ3n) is 4.11. The summed E-state index contributed by atoms with van der Waals surface area (Å²) in [4.78, 5) is 23.0. The number of urea groups is 1. The second-order valence-corrected chi connectivity index (χ2v) is 6.38. The second kappa shape index (κ2) is 5.76. The summed E-state index contributed by atoms with van der Waals surface area (Å²) in [5.41, 5.74) is 0.418. The zero-order valence-corrected chi connectivity index (χ0v) is 12.6. The number of carbonyl (C=O) groups excluding carboxylic acids is 1. The molecule has 5 heteroatoms. The molecule has 0 aliphatic heterocycles. The summed E-state index contributed by atoms with van der Waals surface area (Å²) in [5.74, 6) is -0.187. The third-order valence-corrected chi connectivity index (χ3v) is 4.11. The number of hydrogen-bond donors (Lipinski definition) is 3. The Hall–Kier alpha value is -2.04. The smallest absolute Gasteiger partial charge is 0.319 e. The van der Waals surface area contributed by atoms with Crippen molar-refractivity contribution in [2.24, 2.45) is 5.92 Å². The molecule has 114 valence electrons. The minimum Gasteiger partial charge on any atom is -0.481 e. The first-order chi connectivity index (χ1) is 9.79. The normalized spacial score (nSPS) is 21.3. The molecule has 5 nitrogen and oxygen atoms in total. The molecule has 3 N–H and O–H groups in total. The fraction of sp³-hybridized carbons (Fsp3) is 0.500. The maximum absolute atomic E-state index is 11.8. The fourth-order valence-electron chi connectivity index (χ4n) is 2.47. The van der Waals surface area contributed by atoms with Crippen molar-refractivity contribution in [3.05, 3.63) is 29.8 Å². The first-order valence-electron chi connectivity index (χ1n) is 7.20. The van der Waals surface area contributed by atoms with Gasteiger partial charge in [-0.1, -0.05) is 19.1 Å². The van der Waals surface area contributed by atoms with Crippen LogP contribution in [0.3, 0.4) is 0 Å². The monoisotopic (exact) mass is 290 g/mol. The lowest BCUT2D eigenvalue weighted by molar-refractivity contribution is -0.142. The number of hydrogen-bond acceptors (Lipinski definition) is 2. The molecule has 0 saturated heterocycles. The molecule has 0 atom stereocenters. The summed E-state index contributed by atoms with van der Waals surface area (Å²) in [6, 6.07) is 6.97. The molecule has 1 aromatic carbocycles. The van der Waals surface area contributed by atoms with Gasteiger partial charge < -0.3 is 15.7 Å². The van der Waals surface area contributed by atoms with E-state index in [1.165, 1.54) is 0 Å². The van der Waals surface area contributed by atoms with Crippen molar-refractivity contribution in [1.82, 2.24) is 5.32 Å². The van der Waals surface area contributed by atoms with Gasteiger partial charge in [-0.2, -0.15) is 0 Å². The SMILES string of the molecule is CC1CC(NC(=O)Nc2ccc(C(C)(C)C(=O)O)cc2)C1. The number of benzene rings is 1. The molecule has 0 spiro atoms. The van der Waals surface area contributed by atoms with Gasteiger partial charge in [0.05, 0.1) is 5.41 Å². The molecule has 2 amide bonds. The molecule has 1 aliphatic carbocycles. The minimum atomic E-state index is -0.942. The van der Waals surface area contributed by atoms with Crippen LogP contribution in [-0.2, 0) is 10.2 Å². The van der Waals surface area contributed by atoms with Crippen LogP contribution in [0.25, 0.3) is 0 Å². The van der Waals surface area contributed by atoms with Crippen LogP contribution in [-0.4, -0.2) is 23.1 Å². The van der Waals surface area contributed by atoms with Gasteiger partial charge in [-0.15, -0.1) is 0 Å². The van der Waals surface area contributed by atoms with E-state index in [2.05, 4.69) is 17.6 Å². The number of rotatable bonds is 4. The lowest BCUT2D eigenvalue weighted by atomic mass is 9.82. The lowest BCUT2D eigenvalue weighted by Crippen LogP contribution is -2.45. The molecule has 0 aromatic heterocycles. The van der Waals surface area contributed by atoms with Gasteiger partial charge in [0.25, 0.3) is 0 Å². The Balaban J connectivity index is 1.93. The highest BCUT2D eigenvalue weighted by atomic mass is 16.4. The largest absolute Gasteiger partial charge is 0.481 e. The average molecular weight is 290 g/mol. The Bertz CT molecular complexity index is 531. The molecule has 1 saturated carbocycles. The van der Waals surface area contributed by atoms with Gasteiger partial charge >= 0.3 is 12.0 Å². The fourth-order valence-corrected chi connectivity index (χ4v) is 2.47. The average Bonchev–Trinajstić information content (AvgIpc) is 2.37. The van der Waals surface area contributed by atoms with Crippen LogP contribution in [0.5, 0.6) is 0 Å². The number of aliphatic carboxylic acids is 1. The van der Waals surface area contributed by atoms with E-state index in [0.29, 0.717) is 17.2 Å². The molecular weight excluding hydrogens is 268 g/mol. The van der Waals surface area contributed by atoms with E-state index in [0.717, 1.165) is 12.8 Å². The van der Waals surface area contributed by atoms with E-state index in [1.807, 2.05) is 0 Å². The van der Waals surface area contributed by atoms with Gasteiger partial charge in [-0.3, -0.25) is 4.79 Å². The second-order valence-electron chi connectivity index (χ2n) is 6.38. The Morgan fingerprint density at radius 2 is 1.76 bits per heavy atom. The molecule has 1 aliphatic rings. The summed E-state index contributed by atoms with van der Waals surface area (Å²) in [6.45, 7) is 5.48. The summed E-state index contributed by atoms with van der Waals surface area (Å²) < 4.78 is 0. The Kier molecular flexibility index (Phi) is 4.21. The molecule has 0 bridgehead atoms. The van der Waals surface area contributed by atoms with Crippen molar-refractivity contribution < 1.29 is 14.7 Å². The molecule has 0 radical (unpaired) electrons. The van der Waals surface area contributed by atoms with Crippen LogP contribution in [0.1, 0.15) is 39.2 Å². The third kappa shape index (κ3) is 3.54. The number of nitrogens with one attached hydrogen (secondary N) is 2. The van der Waals surface area contributed by atoms with Crippen molar-refractivity contribution in [3.63, 3.8) is 0 Å². The van der Waals surface area contributed by atoms with Crippen molar-refractivity contribution in [2.75, 3.05) is 5.32 Å². The van der Waals surface area contributed by atoms with Gasteiger partial charge in [-0.25, -0.2) is 4.79 Å². The lowest BCUT2D eigenvalue weighted by Gasteiger charge is -2.33. The quantitative estimate of drug-likeness (QED) is 0.797. The number of carboxylic acids is 1. The van der Waals surface area contributed by atoms with Crippen LogP contribution < -0.4 is 10.6 Å². The molecule has 2 rings (SSSR count). The van der Waals surface area contributed by atoms with Crippen LogP contribution in [0.4, 0.5) is 10.5 Å². The zero-order valence-electron chi connectivity index (χ0n) is 12.6. The Morgan fingerprint density at radius 3 is 2.24 bits per heavy atom. The van der Waals surface area contributed by atoms with Gasteiger partial charge in [0, 0.05) is 11.7 Å². The highest BCUT2D eigenvalue weighted by Gasteiger charge is 2.29. The summed E-state index contributed by atoms with van der Waals surface area (Å²) in [7, 11) is 0. The van der Waals surface area contributed by atoms with E-state index in [-0.39, 0.29) is 12.1 Å². The molecule has 21 heavy (non-hydrogen) atoms. The maximum Gasteiger partial charge on any atom is 0.319 e. The summed E-state index contributed by atoms with van der Waals surface area (Å²) >= 11 is 0. The van der Waals surface area contributed by atoms with Gasteiger partial charge in [0.1, 0.15) is 0 Å². The van der Waals surface area contributed by atoms with Crippen LogP contribution in [0, 0.1) is 5.92 Å². The predicted octanol–water partition coefficient (Wildman–Crippen LogP) is 2.97. The zero-order chi connectivity index (χ0) is 15.6. The molecule has 1 fully saturated rings. The van der Waals surface area contributed by atoms with Crippen LogP contribution >= 0.6 is 0 Å². The van der Waals surface area contributed by atoms with Crippen LogP contribution in [0.15, 0.2) is 24.3 Å². The Labute approximate surface area is 124 Å². The number of carbonyl (C=O) groups is 2. The summed E-state index contributed by atoms with van der Waals surface area (Å²) in [5, 5.41) is 14.9. The molecule has 0 unspecified atom stereocenters. The van der Waals surface area contributed by atoms with Crippen molar-refractivity contribution in [1.29, 1.82) is 0 Å². The number of amides is 2.